The summed E-state index contributed by atoms with van der Waals surface area (Å²) in [6, 6.07) is 6.36. The van der Waals surface area contributed by atoms with Crippen LogP contribution >= 0.6 is 0 Å². The highest BCUT2D eigenvalue weighted by Crippen LogP contribution is 2.20. The van der Waals surface area contributed by atoms with E-state index in [1.165, 1.54) is 17.5 Å². The Kier molecular flexibility index (Phi) is 5.69. The Hall–Kier alpha value is -1.24. The van der Waals surface area contributed by atoms with Crippen LogP contribution < -0.4 is 4.74 Å². The molecule has 0 unspecified atom stereocenters. The molecule has 0 amide bonds. The third kappa shape index (κ3) is 3.73. The number of unbranched alkanes of at least 4 members (excludes halogenated alkanes) is 1. The van der Waals surface area contributed by atoms with Crippen LogP contribution in [0.4, 0.5) is 0 Å². The summed E-state index contributed by atoms with van der Waals surface area (Å²) in [7, 11) is 0. The van der Waals surface area contributed by atoms with E-state index >= 15 is 0 Å². The maximum Gasteiger partial charge on any atom is 0.119 e. The Bertz CT molecular complexity index is 339. The van der Waals surface area contributed by atoms with Crippen molar-refractivity contribution in [2.75, 3.05) is 6.61 Å². The van der Waals surface area contributed by atoms with Gasteiger partial charge in [0.25, 0.3) is 0 Å². The molecular formula is C15H22O. The molecule has 0 fully saturated rings. The van der Waals surface area contributed by atoms with Crippen molar-refractivity contribution in [3.8, 4) is 5.75 Å². The van der Waals surface area contributed by atoms with Crippen LogP contribution in [0.15, 0.2) is 24.3 Å². The molecule has 0 heterocycles. The van der Waals surface area contributed by atoms with Crippen LogP contribution in [0.2, 0.25) is 0 Å². The second-order valence-electron chi connectivity index (χ2n) is 3.92. The van der Waals surface area contributed by atoms with E-state index in [9.17, 15) is 0 Å². The van der Waals surface area contributed by atoms with Crippen molar-refractivity contribution in [2.45, 2.75) is 40.0 Å². The van der Waals surface area contributed by atoms with Crippen molar-refractivity contribution in [1.29, 1.82) is 0 Å². The van der Waals surface area contributed by atoms with Crippen LogP contribution in [0.5, 0.6) is 5.75 Å². The normalized spacial score (nSPS) is 10.9. The van der Waals surface area contributed by atoms with E-state index in [1.807, 2.05) is 6.92 Å². The van der Waals surface area contributed by atoms with Crippen LogP contribution in [0.3, 0.4) is 0 Å². The van der Waals surface area contributed by atoms with Gasteiger partial charge in [-0.05, 0) is 43.0 Å². The summed E-state index contributed by atoms with van der Waals surface area (Å²) in [5.41, 5.74) is 2.65. The largest absolute Gasteiger partial charge is 0.494 e. The average molecular weight is 218 g/mol. The molecule has 1 aromatic rings. The van der Waals surface area contributed by atoms with Gasteiger partial charge in [0, 0.05) is 0 Å². The van der Waals surface area contributed by atoms with Crippen molar-refractivity contribution in [3.05, 3.63) is 35.4 Å². The Morgan fingerprint density at radius 2 is 2.06 bits per heavy atom. The van der Waals surface area contributed by atoms with Gasteiger partial charge in [0.15, 0.2) is 0 Å². The van der Waals surface area contributed by atoms with Gasteiger partial charge in [0.05, 0.1) is 6.61 Å². The molecule has 0 aliphatic heterocycles. The maximum absolute atomic E-state index is 5.70. The van der Waals surface area contributed by atoms with Gasteiger partial charge in [-0.2, -0.15) is 0 Å². The van der Waals surface area contributed by atoms with Gasteiger partial charge < -0.3 is 4.74 Å². The molecule has 1 rings (SSSR count). The minimum atomic E-state index is 0.822. The van der Waals surface area contributed by atoms with Crippen LogP contribution in [-0.4, -0.2) is 6.61 Å². The minimum absolute atomic E-state index is 0.822. The van der Waals surface area contributed by atoms with E-state index in [1.54, 1.807) is 0 Å². The molecule has 0 bridgehead atoms. The van der Waals surface area contributed by atoms with Crippen LogP contribution in [0, 0.1) is 0 Å². The fourth-order valence-corrected chi connectivity index (χ4v) is 1.65. The lowest BCUT2D eigenvalue weighted by Crippen LogP contribution is -1.97. The maximum atomic E-state index is 5.70. The van der Waals surface area contributed by atoms with E-state index in [4.69, 9.17) is 4.74 Å². The first-order valence-corrected chi connectivity index (χ1v) is 6.20. The van der Waals surface area contributed by atoms with Gasteiger partial charge in [0.2, 0.25) is 0 Å². The highest BCUT2D eigenvalue weighted by atomic mass is 16.5. The summed E-state index contributed by atoms with van der Waals surface area (Å²) in [4.78, 5) is 0. The molecule has 0 radical (unpaired) electrons. The van der Waals surface area contributed by atoms with Crippen molar-refractivity contribution >= 4 is 6.08 Å². The smallest absolute Gasteiger partial charge is 0.119 e. The highest BCUT2D eigenvalue weighted by Gasteiger charge is 2.00. The fraction of sp³-hybridized carbons (Fsp3) is 0.467. The Morgan fingerprint density at radius 3 is 2.69 bits per heavy atom. The van der Waals surface area contributed by atoms with E-state index < -0.39 is 0 Å². The number of aryl methyl sites for hydroxylation is 1. The van der Waals surface area contributed by atoms with Crippen molar-refractivity contribution in [3.63, 3.8) is 0 Å². The summed E-state index contributed by atoms with van der Waals surface area (Å²) in [6.45, 7) is 7.22. The number of allylic oxidation sites excluding steroid dienone is 1. The third-order valence-corrected chi connectivity index (χ3v) is 2.61. The van der Waals surface area contributed by atoms with Gasteiger partial charge in [-0.25, -0.2) is 0 Å². The predicted molar refractivity (Wildman–Crippen MR) is 70.9 cm³/mol. The predicted octanol–water partition coefficient (Wildman–Crippen LogP) is 4.46. The van der Waals surface area contributed by atoms with Gasteiger partial charge in [-0.3, -0.25) is 0 Å². The van der Waals surface area contributed by atoms with E-state index in [-0.39, 0.29) is 0 Å². The first-order valence-electron chi connectivity index (χ1n) is 6.20. The number of ether oxygens (including phenoxy) is 1. The lowest BCUT2D eigenvalue weighted by atomic mass is 10.0. The van der Waals surface area contributed by atoms with E-state index in [2.05, 4.69) is 44.2 Å². The van der Waals surface area contributed by atoms with Crippen LogP contribution in [0.1, 0.15) is 44.7 Å². The molecule has 1 nitrogen and oxygen atoms in total. The lowest BCUT2D eigenvalue weighted by molar-refractivity contribution is 0.309. The number of hydrogen-bond donors (Lipinski definition) is 0. The van der Waals surface area contributed by atoms with Crippen molar-refractivity contribution in [1.82, 2.24) is 0 Å². The molecule has 0 spiro atoms. The topological polar surface area (TPSA) is 9.23 Å². The highest BCUT2D eigenvalue weighted by molar-refractivity contribution is 5.55. The molecule has 0 saturated carbocycles. The first kappa shape index (κ1) is 12.8. The molecule has 0 saturated heterocycles. The SMILES string of the molecule is C/C=C\c1ccc(OCCCC)cc1CC. The van der Waals surface area contributed by atoms with E-state index in [0.717, 1.165) is 25.2 Å². The number of hydrogen-bond acceptors (Lipinski definition) is 1. The van der Waals surface area contributed by atoms with Crippen LogP contribution in [0.25, 0.3) is 6.08 Å². The molecule has 0 atom stereocenters. The van der Waals surface area contributed by atoms with E-state index in [0.29, 0.717) is 0 Å². The zero-order valence-corrected chi connectivity index (χ0v) is 10.6. The van der Waals surface area contributed by atoms with Gasteiger partial charge in [-0.1, -0.05) is 38.5 Å². The number of rotatable bonds is 6. The molecule has 1 heteroatoms. The molecule has 0 aromatic heterocycles. The Balaban J connectivity index is 2.74. The first-order chi connectivity index (χ1) is 7.81. The molecular weight excluding hydrogens is 196 g/mol. The zero-order valence-electron chi connectivity index (χ0n) is 10.6. The van der Waals surface area contributed by atoms with Gasteiger partial charge in [0.1, 0.15) is 5.75 Å². The fourth-order valence-electron chi connectivity index (χ4n) is 1.65. The molecule has 0 N–H and O–H groups in total. The average Bonchev–Trinajstić information content (AvgIpc) is 2.31. The quantitative estimate of drug-likeness (QED) is 0.640. The summed E-state index contributed by atoms with van der Waals surface area (Å²) in [5, 5.41) is 0. The van der Waals surface area contributed by atoms with Crippen molar-refractivity contribution in [2.24, 2.45) is 0 Å². The summed E-state index contributed by atoms with van der Waals surface area (Å²) >= 11 is 0. The van der Waals surface area contributed by atoms with Crippen LogP contribution in [-0.2, 0) is 6.42 Å². The van der Waals surface area contributed by atoms with Gasteiger partial charge >= 0.3 is 0 Å². The summed E-state index contributed by atoms with van der Waals surface area (Å²) < 4.78 is 5.70. The molecule has 88 valence electrons. The standard InChI is InChI=1S/C15H22O/c1-4-7-11-16-15-10-9-14(8-5-2)13(6-3)12-15/h5,8-10,12H,4,6-7,11H2,1-3H3/b8-5-. The monoisotopic (exact) mass is 218 g/mol. The molecule has 0 aliphatic carbocycles. The minimum Gasteiger partial charge on any atom is -0.494 e. The Labute approximate surface area is 99.1 Å². The zero-order chi connectivity index (χ0) is 11.8. The second kappa shape index (κ2) is 7.10. The third-order valence-electron chi connectivity index (χ3n) is 2.61. The van der Waals surface area contributed by atoms with Gasteiger partial charge in [-0.15, -0.1) is 0 Å². The molecule has 16 heavy (non-hydrogen) atoms. The number of benzene rings is 1. The molecule has 0 aliphatic rings. The lowest BCUT2D eigenvalue weighted by Gasteiger charge is -2.09. The molecule has 1 aromatic carbocycles. The summed E-state index contributed by atoms with van der Waals surface area (Å²) in [5.74, 6) is 0.999. The van der Waals surface area contributed by atoms with Crippen molar-refractivity contribution < 1.29 is 4.74 Å². The second-order valence-corrected chi connectivity index (χ2v) is 3.92. The Morgan fingerprint density at radius 1 is 1.25 bits per heavy atom. The summed E-state index contributed by atoms with van der Waals surface area (Å²) in [6.07, 6.45) is 7.57.